The Labute approximate surface area is 184 Å². The average Bonchev–Trinajstić information content (AvgIpc) is 2.69. The maximum atomic E-state index is 4.57. The average molecular weight is 415 g/mol. The summed E-state index contributed by atoms with van der Waals surface area (Å²) in [4.78, 5) is 2.04. The van der Waals surface area contributed by atoms with Crippen LogP contribution in [0, 0.1) is 13.8 Å². The van der Waals surface area contributed by atoms with Gasteiger partial charge < -0.3 is 0 Å². The van der Waals surface area contributed by atoms with Gasteiger partial charge in [-0.3, -0.25) is 0 Å². The topological polar surface area (TPSA) is 0 Å². The van der Waals surface area contributed by atoms with Crippen LogP contribution in [-0.2, 0) is 0 Å². The van der Waals surface area contributed by atoms with E-state index in [4.69, 9.17) is 0 Å². The number of aryl methyl sites for hydroxylation is 2. The predicted octanol–water partition coefficient (Wildman–Crippen LogP) is 8.55. The minimum atomic E-state index is 1.02. The molecule has 4 aromatic carbocycles. The Bertz CT molecular complexity index is 1120. The fourth-order valence-corrected chi connectivity index (χ4v) is 3.97. The van der Waals surface area contributed by atoms with Gasteiger partial charge in [0.2, 0.25) is 0 Å². The third kappa shape index (κ3) is 4.77. The molecule has 0 atom stereocenters. The van der Waals surface area contributed by atoms with Crippen molar-refractivity contribution in [3.63, 3.8) is 0 Å². The normalized spacial score (nSPS) is 10.9. The maximum absolute atomic E-state index is 4.57. The van der Waals surface area contributed by atoms with E-state index in [1.54, 1.807) is 6.08 Å². The number of rotatable bonds is 2. The smallest absolute Gasteiger partial charge is 0.0119 e. The molecule has 0 radical (unpaired) electrons. The van der Waals surface area contributed by atoms with E-state index in [-0.39, 0.29) is 0 Å². The van der Waals surface area contributed by atoms with Gasteiger partial charge in [-0.05, 0) is 101 Å². The number of hydrogen-bond acceptors (Lipinski definition) is 2. The van der Waals surface area contributed by atoms with Gasteiger partial charge >= 0.3 is 0 Å². The zero-order chi connectivity index (χ0) is 21.0. The first-order valence-corrected chi connectivity index (χ1v) is 10.5. The van der Waals surface area contributed by atoms with Crippen molar-refractivity contribution in [2.24, 2.45) is 0 Å². The van der Waals surface area contributed by atoms with E-state index < -0.39 is 0 Å². The highest BCUT2D eigenvalue weighted by atomic mass is 32.1. The van der Waals surface area contributed by atoms with E-state index in [2.05, 4.69) is 106 Å². The molecule has 0 aliphatic carbocycles. The van der Waals surface area contributed by atoms with Crippen molar-refractivity contribution in [3.8, 4) is 0 Å². The molecule has 29 heavy (non-hydrogen) atoms. The van der Waals surface area contributed by atoms with E-state index >= 15 is 0 Å². The number of hydrogen-bond donors (Lipinski definition) is 2. The van der Waals surface area contributed by atoms with Gasteiger partial charge in [0.05, 0.1) is 0 Å². The van der Waals surface area contributed by atoms with Gasteiger partial charge in [-0.15, -0.1) is 31.8 Å². The highest BCUT2D eigenvalue weighted by molar-refractivity contribution is 7.80. The molecule has 0 amide bonds. The van der Waals surface area contributed by atoms with E-state index in [9.17, 15) is 0 Å². The molecular formula is C27H26S2. The molecule has 0 aromatic heterocycles. The van der Waals surface area contributed by atoms with Gasteiger partial charge in [0.1, 0.15) is 0 Å². The third-order valence-electron chi connectivity index (χ3n) is 4.93. The summed E-state index contributed by atoms with van der Waals surface area (Å²) in [5, 5.41) is 4.85. The Hall–Kier alpha value is -2.42. The van der Waals surface area contributed by atoms with Crippen molar-refractivity contribution in [3.05, 3.63) is 95.6 Å². The molecule has 2 heteroatoms. The van der Waals surface area contributed by atoms with Gasteiger partial charge in [0.25, 0.3) is 0 Å². The Kier molecular flexibility index (Phi) is 6.89. The van der Waals surface area contributed by atoms with Crippen LogP contribution in [0.3, 0.4) is 0 Å². The second-order valence-corrected chi connectivity index (χ2v) is 8.12. The van der Waals surface area contributed by atoms with Crippen LogP contribution < -0.4 is 0 Å². The molecule has 0 unspecified atom stereocenters. The molecule has 0 saturated carbocycles. The molecule has 0 aliphatic rings. The number of fused-ring (bicyclic) bond motifs is 2. The zero-order valence-electron chi connectivity index (χ0n) is 17.1. The largest absolute Gasteiger partial charge is 0.143 e. The Morgan fingerprint density at radius 2 is 1.07 bits per heavy atom. The molecule has 0 N–H and O–H groups in total. The maximum Gasteiger partial charge on any atom is 0.0119 e. The molecule has 0 saturated heterocycles. The van der Waals surface area contributed by atoms with Crippen LogP contribution in [0.25, 0.3) is 33.7 Å². The number of benzene rings is 4. The van der Waals surface area contributed by atoms with Crippen LogP contribution in [0.4, 0.5) is 0 Å². The van der Waals surface area contributed by atoms with Crippen LogP contribution in [0.5, 0.6) is 0 Å². The van der Waals surface area contributed by atoms with Crippen molar-refractivity contribution < 1.29 is 0 Å². The first-order chi connectivity index (χ1) is 13.9. The zero-order valence-corrected chi connectivity index (χ0v) is 18.9. The summed E-state index contributed by atoms with van der Waals surface area (Å²) in [7, 11) is 0. The minimum Gasteiger partial charge on any atom is -0.143 e. The number of allylic oxidation sites excluding steroid dienone is 1. The molecule has 146 valence electrons. The Morgan fingerprint density at radius 3 is 1.45 bits per heavy atom. The third-order valence-corrected chi connectivity index (χ3v) is 5.71. The van der Waals surface area contributed by atoms with Crippen molar-refractivity contribution >= 4 is 59.0 Å². The van der Waals surface area contributed by atoms with Gasteiger partial charge in [0.15, 0.2) is 0 Å². The van der Waals surface area contributed by atoms with Gasteiger partial charge in [-0.2, -0.15) is 0 Å². The highest BCUT2D eigenvalue weighted by Crippen LogP contribution is 2.28. The fraction of sp³-hybridized carbons (Fsp3) is 0.111. The van der Waals surface area contributed by atoms with Crippen molar-refractivity contribution in [2.45, 2.75) is 30.6 Å². The lowest BCUT2D eigenvalue weighted by molar-refractivity contribution is 1.44. The summed E-state index contributed by atoms with van der Waals surface area (Å²) in [6.45, 7) is 9.56. The van der Waals surface area contributed by atoms with Crippen molar-refractivity contribution in [1.82, 2.24) is 0 Å². The Balaban J connectivity index is 0.000000755. The standard InChI is InChI=1S/C24H20S2.C3H6/c1-15-11-21-19(5-3-7-23(21)25)13-17(15)9-10-18-14-20-6-4-8-24(26)22(20)12-16(18)2;1-3-2/h3-14,25-26H,1-2H3;3H,1H2,2H3. The second-order valence-electron chi connectivity index (χ2n) is 7.16. The molecule has 0 aliphatic heterocycles. The monoisotopic (exact) mass is 414 g/mol. The quantitative estimate of drug-likeness (QED) is 0.183. The van der Waals surface area contributed by atoms with Crippen LogP contribution in [0.1, 0.15) is 29.2 Å². The van der Waals surface area contributed by atoms with E-state index in [0.717, 1.165) is 9.79 Å². The molecule has 0 bridgehead atoms. The summed E-state index contributed by atoms with van der Waals surface area (Å²) in [6.07, 6.45) is 6.16. The molecule has 0 fully saturated rings. The molecule has 4 rings (SSSR count). The molecule has 0 spiro atoms. The fourth-order valence-electron chi connectivity index (χ4n) is 3.41. The summed E-state index contributed by atoms with van der Waals surface area (Å²) < 4.78 is 0. The van der Waals surface area contributed by atoms with Crippen LogP contribution in [0.2, 0.25) is 0 Å². The van der Waals surface area contributed by atoms with Crippen LogP contribution >= 0.6 is 25.3 Å². The van der Waals surface area contributed by atoms with Crippen molar-refractivity contribution in [2.75, 3.05) is 0 Å². The van der Waals surface area contributed by atoms with Crippen molar-refractivity contribution in [1.29, 1.82) is 0 Å². The minimum absolute atomic E-state index is 1.02. The van der Waals surface area contributed by atoms with E-state index in [1.165, 1.54) is 43.8 Å². The second kappa shape index (κ2) is 9.39. The van der Waals surface area contributed by atoms with E-state index in [1.807, 2.05) is 19.1 Å². The summed E-state index contributed by atoms with van der Waals surface area (Å²) in [5.41, 5.74) is 4.98. The molecule has 4 aromatic rings. The van der Waals surface area contributed by atoms with E-state index in [0.29, 0.717) is 0 Å². The molecule has 0 nitrogen and oxygen atoms in total. The lowest BCUT2D eigenvalue weighted by atomic mass is 9.98. The lowest BCUT2D eigenvalue weighted by Crippen LogP contribution is -1.86. The molecular weight excluding hydrogens is 388 g/mol. The lowest BCUT2D eigenvalue weighted by Gasteiger charge is -2.08. The Morgan fingerprint density at radius 1 is 0.690 bits per heavy atom. The highest BCUT2D eigenvalue weighted by Gasteiger charge is 2.04. The summed E-state index contributed by atoms with van der Waals surface area (Å²) in [6, 6.07) is 21.4. The SMILES string of the molecule is C=CC.Cc1cc2c(S)cccc2cc1C=Cc1cc2cccc(S)c2cc1C. The predicted molar refractivity (Wildman–Crippen MR) is 137 cm³/mol. The summed E-state index contributed by atoms with van der Waals surface area (Å²) >= 11 is 9.15. The summed E-state index contributed by atoms with van der Waals surface area (Å²) in [5.74, 6) is 0. The first-order valence-electron chi connectivity index (χ1n) is 9.64. The molecule has 0 heterocycles. The van der Waals surface area contributed by atoms with Gasteiger partial charge in [-0.1, -0.05) is 42.5 Å². The first kappa shape index (κ1) is 21.3. The van der Waals surface area contributed by atoms with Gasteiger partial charge in [0, 0.05) is 9.79 Å². The van der Waals surface area contributed by atoms with Crippen LogP contribution in [0.15, 0.2) is 83.1 Å². The van der Waals surface area contributed by atoms with Gasteiger partial charge in [-0.25, -0.2) is 0 Å². The van der Waals surface area contributed by atoms with Crippen LogP contribution in [-0.4, -0.2) is 0 Å². The number of thiol groups is 2.